The maximum Gasteiger partial charge on any atom is 0.0431 e. The van der Waals surface area contributed by atoms with Crippen LogP contribution in [0.2, 0.25) is 0 Å². The van der Waals surface area contributed by atoms with Gasteiger partial charge in [-0.25, -0.2) is 0 Å². The molecule has 1 unspecified atom stereocenters. The van der Waals surface area contributed by atoms with Crippen LogP contribution in [0.4, 0.5) is 0 Å². The number of nitrogens with two attached hydrogens (primary N) is 1. The molecule has 3 nitrogen and oxygen atoms in total. The standard InChI is InChI=1S/C14H30N2O/c15-12-14(16-10-6-7-11-17)13-8-4-2-1-3-5-9-13/h13-14,16-17H,1-12,15H2. The Morgan fingerprint density at radius 1 is 1.06 bits per heavy atom. The van der Waals surface area contributed by atoms with Gasteiger partial charge in [-0.3, -0.25) is 0 Å². The molecule has 1 aliphatic carbocycles. The molecule has 1 atom stereocenters. The van der Waals surface area contributed by atoms with Gasteiger partial charge in [0.1, 0.15) is 0 Å². The van der Waals surface area contributed by atoms with E-state index in [0.29, 0.717) is 12.6 Å². The van der Waals surface area contributed by atoms with Gasteiger partial charge in [0.05, 0.1) is 0 Å². The van der Waals surface area contributed by atoms with Gasteiger partial charge in [0, 0.05) is 19.2 Å². The van der Waals surface area contributed by atoms with Crippen LogP contribution in [0.25, 0.3) is 0 Å². The van der Waals surface area contributed by atoms with Gasteiger partial charge in [-0.05, 0) is 38.1 Å². The zero-order valence-corrected chi connectivity index (χ0v) is 11.2. The Morgan fingerprint density at radius 2 is 1.71 bits per heavy atom. The van der Waals surface area contributed by atoms with E-state index in [1.54, 1.807) is 0 Å². The summed E-state index contributed by atoms with van der Waals surface area (Å²) in [4.78, 5) is 0. The van der Waals surface area contributed by atoms with E-state index in [2.05, 4.69) is 5.32 Å². The minimum Gasteiger partial charge on any atom is -0.396 e. The molecule has 1 rings (SSSR count). The summed E-state index contributed by atoms with van der Waals surface area (Å²) in [5, 5.41) is 12.3. The van der Waals surface area contributed by atoms with Gasteiger partial charge in [-0.15, -0.1) is 0 Å². The van der Waals surface area contributed by atoms with E-state index in [-0.39, 0.29) is 0 Å². The highest BCUT2D eigenvalue weighted by Gasteiger charge is 2.20. The Bertz CT molecular complexity index is 168. The maximum atomic E-state index is 8.75. The summed E-state index contributed by atoms with van der Waals surface area (Å²) >= 11 is 0. The van der Waals surface area contributed by atoms with Gasteiger partial charge in [-0.1, -0.05) is 32.1 Å². The topological polar surface area (TPSA) is 58.3 Å². The summed E-state index contributed by atoms with van der Waals surface area (Å²) in [5.41, 5.74) is 5.90. The van der Waals surface area contributed by atoms with Gasteiger partial charge in [0.25, 0.3) is 0 Å². The van der Waals surface area contributed by atoms with Crippen LogP contribution in [0.5, 0.6) is 0 Å². The van der Waals surface area contributed by atoms with E-state index in [0.717, 1.165) is 31.8 Å². The number of hydrogen-bond acceptors (Lipinski definition) is 3. The molecule has 0 radical (unpaired) electrons. The zero-order valence-electron chi connectivity index (χ0n) is 11.2. The highest BCUT2D eigenvalue weighted by Crippen LogP contribution is 2.24. The molecule has 0 amide bonds. The second kappa shape index (κ2) is 9.86. The van der Waals surface area contributed by atoms with Crippen LogP contribution in [-0.2, 0) is 0 Å². The minimum absolute atomic E-state index is 0.304. The van der Waals surface area contributed by atoms with Crippen molar-refractivity contribution in [3.63, 3.8) is 0 Å². The normalized spacial score (nSPS) is 20.8. The smallest absolute Gasteiger partial charge is 0.0431 e. The van der Waals surface area contributed by atoms with Crippen molar-refractivity contribution in [2.45, 2.75) is 63.8 Å². The molecule has 1 aliphatic rings. The van der Waals surface area contributed by atoms with Crippen molar-refractivity contribution in [1.29, 1.82) is 0 Å². The molecule has 0 aromatic carbocycles. The van der Waals surface area contributed by atoms with E-state index >= 15 is 0 Å². The second-order valence-corrected chi connectivity index (χ2v) is 5.33. The first-order valence-electron chi connectivity index (χ1n) is 7.42. The summed E-state index contributed by atoms with van der Waals surface area (Å²) in [6.07, 6.45) is 11.6. The Morgan fingerprint density at radius 3 is 2.29 bits per heavy atom. The summed E-state index contributed by atoms with van der Waals surface area (Å²) in [5.74, 6) is 0.773. The van der Waals surface area contributed by atoms with Crippen molar-refractivity contribution < 1.29 is 5.11 Å². The van der Waals surface area contributed by atoms with Crippen LogP contribution in [0, 0.1) is 5.92 Å². The van der Waals surface area contributed by atoms with Crippen LogP contribution < -0.4 is 11.1 Å². The van der Waals surface area contributed by atoms with Crippen LogP contribution >= 0.6 is 0 Å². The Labute approximate surface area is 106 Å². The molecule has 4 N–H and O–H groups in total. The first-order chi connectivity index (χ1) is 8.38. The molecule has 0 aromatic rings. The molecular weight excluding hydrogens is 212 g/mol. The van der Waals surface area contributed by atoms with E-state index < -0.39 is 0 Å². The summed E-state index contributed by atoms with van der Waals surface area (Å²) in [7, 11) is 0. The Hall–Kier alpha value is -0.120. The Kier molecular flexibility index (Phi) is 8.67. The van der Waals surface area contributed by atoms with Crippen LogP contribution in [0.1, 0.15) is 57.8 Å². The largest absolute Gasteiger partial charge is 0.396 e. The van der Waals surface area contributed by atoms with Gasteiger partial charge in [-0.2, -0.15) is 0 Å². The number of aliphatic hydroxyl groups is 1. The van der Waals surface area contributed by atoms with Gasteiger partial charge < -0.3 is 16.2 Å². The van der Waals surface area contributed by atoms with E-state index in [1.165, 1.54) is 44.9 Å². The van der Waals surface area contributed by atoms with Gasteiger partial charge in [0.15, 0.2) is 0 Å². The first-order valence-corrected chi connectivity index (χ1v) is 7.42. The highest BCUT2D eigenvalue weighted by atomic mass is 16.2. The molecule has 17 heavy (non-hydrogen) atoms. The van der Waals surface area contributed by atoms with Crippen molar-refractivity contribution in [2.24, 2.45) is 11.7 Å². The number of nitrogens with one attached hydrogen (secondary N) is 1. The second-order valence-electron chi connectivity index (χ2n) is 5.33. The molecule has 3 heteroatoms. The van der Waals surface area contributed by atoms with Gasteiger partial charge >= 0.3 is 0 Å². The first kappa shape index (κ1) is 14.9. The SMILES string of the molecule is NCC(NCCCCO)C1CCCCCCC1. The average Bonchev–Trinajstić information content (AvgIpc) is 2.30. The summed E-state index contributed by atoms with van der Waals surface area (Å²) in [6, 6.07) is 0.492. The lowest BCUT2D eigenvalue weighted by molar-refractivity contribution is 0.269. The summed E-state index contributed by atoms with van der Waals surface area (Å²) in [6.45, 7) is 2.06. The summed E-state index contributed by atoms with van der Waals surface area (Å²) < 4.78 is 0. The number of aliphatic hydroxyl groups excluding tert-OH is 1. The van der Waals surface area contributed by atoms with Crippen LogP contribution in [0.3, 0.4) is 0 Å². The molecule has 0 saturated heterocycles. The van der Waals surface area contributed by atoms with Crippen molar-refractivity contribution in [2.75, 3.05) is 19.7 Å². The third-order valence-corrected chi connectivity index (χ3v) is 3.96. The van der Waals surface area contributed by atoms with E-state index in [1.807, 2.05) is 0 Å². The monoisotopic (exact) mass is 242 g/mol. The third-order valence-electron chi connectivity index (χ3n) is 3.96. The van der Waals surface area contributed by atoms with Crippen LogP contribution in [-0.4, -0.2) is 30.8 Å². The molecule has 0 heterocycles. The molecule has 0 aliphatic heterocycles. The maximum absolute atomic E-state index is 8.75. The number of unbranched alkanes of at least 4 members (excludes halogenated alkanes) is 1. The molecule has 1 saturated carbocycles. The van der Waals surface area contributed by atoms with Crippen molar-refractivity contribution in [3.8, 4) is 0 Å². The van der Waals surface area contributed by atoms with Crippen molar-refractivity contribution >= 4 is 0 Å². The highest BCUT2D eigenvalue weighted by molar-refractivity contribution is 4.78. The van der Waals surface area contributed by atoms with Gasteiger partial charge in [0.2, 0.25) is 0 Å². The quantitative estimate of drug-likeness (QED) is 0.599. The fourth-order valence-corrected chi connectivity index (χ4v) is 2.86. The number of hydrogen-bond donors (Lipinski definition) is 3. The lowest BCUT2D eigenvalue weighted by Gasteiger charge is -2.28. The third kappa shape index (κ3) is 6.39. The molecule has 0 spiro atoms. The van der Waals surface area contributed by atoms with E-state index in [9.17, 15) is 0 Å². The fourth-order valence-electron chi connectivity index (χ4n) is 2.86. The molecular formula is C14H30N2O. The predicted octanol–water partition coefficient (Wildman–Crippen LogP) is 2.04. The molecule has 0 aromatic heterocycles. The molecule has 102 valence electrons. The van der Waals surface area contributed by atoms with Crippen LogP contribution in [0.15, 0.2) is 0 Å². The Balaban J connectivity index is 2.25. The molecule has 0 bridgehead atoms. The lowest BCUT2D eigenvalue weighted by atomic mass is 9.86. The van der Waals surface area contributed by atoms with Crippen molar-refractivity contribution in [1.82, 2.24) is 5.32 Å². The average molecular weight is 242 g/mol. The lowest BCUT2D eigenvalue weighted by Crippen LogP contribution is -2.43. The minimum atomic E-state index is 0.304. The van der Waals surface area contributed by atoms with Crippen molar-refractivity contribution in [3.05, 3.63) is 0 Å². The zero-order chi connectivity index (χ0) is 12.3. The van der Waals surface area contributed by atoms with E-state index in [4.69, 9.17) is 10.8 Å². The predicted molar refractivity (Wildman–Crippen MR) is 73.0 cm³/mol. The molecule has 1 fully saturated rings. The fraction of sp³-hybridized carbons (Fsp3) is 1.00. The number of rotatable bonds is 7.